The first-order chi connectivity index (χ1) is 9.08. The summed E-state index contributed by atoms with van der Waals surface area (Å²) in [6.07, 6.45) is 0. The number of amides is 1. The van der Waals surface area contributed by atoms with Gasteiger partial charge in [-0.3, -0.25) is 4.79 Å². The number of nitrogens with zero attached hydrogens (tertiary/aromatic N) is 1. The number of hydrogen-bond donors (Lipinski definition) is 1. The van der Waals surface area contributed by atoms with E-state index in [0.717, 1.165) is 30.1 Å². The Hall–Kier alpha value is -1.16. The minimum absolute atomic E-state index is 0.149. The molecule has 0 radical (unpaired) electrons. The fourth-order valence-electron chi connectivity index (χ4n) is 2.28. The summed E-state index contributed by atoms with van der Waals surface area (Å²) in [5, 5.41) is 3.88. The van der Waals surface area contributed by atoms with Crippen molar-refractivity contribution in [1.82, 2.24) is 4.90 Å². The number of hydrogen-bond acceptors (Lipinski definition) is 3. The highest BCUT2D eigenvalue weighted by Gasteiger charge is 2.23. The molecule has 104 valence electrons. The lowest BCUT2D eigenvalue weighted by atomic mass is 10.1. The van der Waals surface area contributed by atoms with Crippen molar-refractivity contribution in [2.75, 3.05) is 24.2 Å². The molecule has 1 saturated heterocycles. The van der Waals surface area contributed by atoms with Crippen LogP contribution in [0.15, 0.2) is 24.3 Å². The van der Waals surface area contributed by atoms with Crippen LogP contribution in [-0.2, 0) is 0 Å². The second-order valence-corrected chi connectivity index (χ2v) is 6.82. The first kappa shape index (κ1) is 14.3. The first-order valence-electron chi connectivity index (χ1n) is 6.84. The topological polar surface area (TPSA) is 32.3 Å². The summed E-state index contributed by atoms with van der Waals surface area (Å²) in [5.74, 6) is 1.18. The highest BCUT2D eigenvalue weighted by atomic mass is 32.2. The third kappa shape index (κ3) is 3.66. The SMILES string of the molecule is CC(C)Nc1ccccc1C(=O)N1CCSC(C)C1. The number of thioether (sulfide) groups is 1. The summed E-state index contributed by atoms with van der Waals surface area (Å²) < 4.78 is 0. The molecule has 1 aromatic carbocycles. The molecule has 1 aromatic rings. The zero-order valence-electron chi connectivity index (χ0n) is 11.8. The number of carbonyl (C=O) groups is 1. The Bertz CT molecular complexity index is 448. The molecule has 0 aliphatic carbocycles. The van der Waals surface area contributed by atoms with E-state index in [9.17, 15) is 4.79 Å². The number of anilines is 1. The van der Waals surface area contributed by atoms with Crippen LogP contribution in [0.4, 0.5) is 5.69 Å². The minimum Gasteiger partial charge on any atom is -0.382 e. The van der Waals surface area contributed by atoms with Gasteiger partial charge in [-0.2, -0.15) is 11.8 Å². The van der Waals surface area contributed by atoms with Gasteiger partial charge in [0.15, 0.2) is 0 Å². The largest absolute Gasteiger partial charge is 0.382 e. The fraction of sp³-hybridized carbons (Fsp3) is 0.533. The molecule has 19 heavy (non-hydrogen) atoms. The smallest absolute Gasteiger partial charge is 0.256 e. The van der Waals surface area contributed by atoms with Gasteiger partial charge in [0.25, 0.3) is 5.91 Å². The van der Waals surface area contributed by atoms with Gasteiger partial charge in [-0.1, -0.05) is 19.1 Å². The molecule has 1 aliphatic rings. The second-order valence-electron chi connectivity index (χ2n) is 5.28. The van der Waals surface area contributed by atoms with E-state index >= 15 is 0 Å². The predicted octanol–water partition coefficient (Wildman–Crippen LogP) is 3.08. The van der Waals surface area contributed by atoms with Crippen LogP contribution in [0, 0.1) is 0 Å². The van der Waals surface area contributed by atoms with Crippen molar-refractivity contribution < 1.29 is 4.79 Å². The Kier molecular flexibility index (Phi) is 4.75. The molecule has 3 nitrogen and oxygen atoms in total. The molecule has 1 N–H and O–H groups in total. The Morgan fingerprint density at radius 1 is 1.42 bits per heavy atom. The van der Waals surface area contributed by atoms with E-state index in [-0.39, 0.29) is 5.91 Å². The van der Waals surface area contributed by atoms with Crippen molar-refractivity contribution >= 4 is 23.4 Å². The second kappa shape index (κ2) is 6.33. The average molecular weight is 278 g/mol. The molecule has 1 heterocycles. The molecular formula is C15H22N2OS. The summed E-state index contributed by atoms with van der Waals surface area (Å²) in [5.41, 5.74) is 1.73. The molecule has 1 atom stereocenters. The highest BCUT2D eigenvalue weighted by Crippen LogP contribution is 2.23. The van der Waals surface area contributed by atoms with Crippen molar-refractivity contribution in [3.8, 4) is 0 Å². The summed E-state index contributed by atoms with van der Waals surface area (Å²) in [6, 6.07) is 8.12. The van der Waals surface area contributed by atoms with Crippen molar-refractivity contribution in [2.45, 2.75) is 32.1 Å². The molecule has 0 aromatic heterocycles. The van der Waals surface area contributed by atoms with Gasteiger partial charge in [-0.25, -0.2) is 0 Å². The molecule has 1 amide bonds. The molecule has 4 heteroatoms. The third-order valence-electron chi connectivity index (χ3n) is 3.13. The van der Waals surface area contributed by atoms with Crippen LogP contribution >= 0.6 is 11.8 Å². The maximum atomic E-state index is 12.6. The van der Waals surface area contributed by atoms with Crippen LogP contribution in [0.3, 0.4) is 0 Å². The lowest BCUT2D eigenvalue weighted by Gasteiger charge is -2.31. The van der Waals surface area contributed by atoms with Crippen LogP contribution in [0.2, 0.25) is 0 Å². The standard InChI is InChI=1S/C15H22N2OS/c1-11(2)16-14-7-5-4-6-13(14)15(18)17-8-9-19-12(3)10-17/h4-7,11-12,16H,8-10H2,1-3H3. The van der Waals surface area contributed by atoms with E-state index in [1.54, 1.807) is 0 Å². The lowest BCUT2D eigenvalue weighted by molar-refractivity contribution is 0.0764. The van der Waals surface area contributed by atoms with Crippen LogP contribution in [0.25, 0.3) is 0 Å². The molecule has 1 aliphatic heterocycles. The molecule has 0 saturated carbocycles. The quantitative estimate of drug-likeness (QED) is 0.922. The monoisotopic (exact) mass is 278 g/mol. The average Bonchev–Trinajstić information content (AvgIpc) is 2.38. The van der Waals surface area contributed by atoms with Crippen LogP contribution in [0.1, 0.15) is 31.1 Å². The maximum Gasteiger partial charge on any atom is 0.256 e. The molecule has 1 unspecified atom stereocenters. The maximum absolute atomic E-state index is 12.6. The van der Waals surface area contributed by atoms with Gasteiger partial charge in [0.1, 0.15) is 0 Å². The number of nitrogens with one attached hydrogen (secondary N) is 1. The van der Waals surface area contributed by atoms with Crippen molar-refractivity contribution in [1.29, 1.82) is 0 Å². The minimum atomic E-state index is 0.149. The van der Waals surface area contributed by atoms with Gasteiger partial charge in [0.2, 0.25) is 0 Å². The summed E-state index contributed by atoms with van der Waals surface area (Å²) in [4.78, 5) is 14.6. The number of rotatable bonds is 3. The van der Waals surface area contributed by atoms with Crippen molar-refractivity contribution in [3.05, 3.63) is 29.8 Å². The van der Waals surface area contributed by atoms with Crippen LogP contribution in [0.5, 0.6) is 0 Å². The Labute approximate surface area is 119 Å². The summed E-state index contributed by atoms with van der Waals surface area (Å²) in [7, 11) is 0. The normalized spacial score (nSPS) is 19.6. The third-order valence-corrected chi connectivity index (χ3v) is 4.27. The van der Waals surface area contributed by atoms with E-state index in [4.69, 9.17) is 0 Å². The molecule has 0 bridgehead atoms. The van der Waals surface area contributed by atoms with Crippen molar-refractivity contribution in [2.24, 2.45) is 0 Å². The Morgan fingerprint density at radius 2 is 2.16 bits per heavy atom. The number of carbonyl (C=O) groups excluding carboxylic acids is 1. The highest BCUT2D eigenvalue weighted by molar-refractivity contribution is 7.99. The molecule has 2 rings (SSSR count). The fourth-order valence-corrected chi connectivity index (χ4v) is 3.29. The Balaban J connectivity index is 2.18. The van der Waals surface area contributed by atoms with Gasteiger partial charge >= 0.3 is 0 Å². The first-order valence-corrected chi connectivity index (χ1v) is 7.89. The molecule has 1 fully saturated rings. The molecule has 0 spiro atoms. The zero-order valence-corrected chi connectivity index (χ0v) is 12.7. The van der Waals surface area contributed by atoms with Crippen LogP contribution < -0.4 is 5.32 Å². The van der Waals surface area contributed by atoms with E-state index in [1.165, 1.54) is 0 Å². The zero-order chi connectivity index (χ0) is 13.8. The van der Waals surface area contributed by atoms with Crippen molar-refractivity contribution in [3.63, 3.8) is 0 Å². The van der Waals surface area contributed by atoms with Gasteiger partial charge in [0.05, 0.1) is 5.56 Å². The van der Waals surface area contributed by atoms with Crippen LogP contribution in [-0.4, -0.2) is 40.9 Å². The van der Waals surface area contributed by atoms with E-state index in [2.05, 4.69) is 26.1 Å². The summed E-state index contributed by atoms with van der Waals surface area (Å²) in [6.45, 7) is 8.05. The van der Waals surface area contributed by atoms with E-state index < -0.39 is 0 Å². The van der Waals surface area contributed by atoms with Gasteiger partial charge in [-0.05, 0) is 26.0 Å². The molecular weight excluding hydrogens is 256 g/mol. The van der Waals surface area contributed by atoms with Gasteiger partial charge < -0.3 is 10.2 Å². The Morgan fingerprint density at radius 3 is 2.84 bits per heavy atom. The van der Waals surface area contributed by atoms with E-state index in [0.29, 0.717) is 11.3 Å². The van der Waals surface area contributed by atoms with E-state index in [1.807, 2.05) is 40.9 Å². The predicted molar refractivity (Wildman–Crippen MR) is 83.0 cm³/mol. The number of benzene rings is 1. The number of para-hydroxylation sites is 1. The summed E-state index contributed by atoms with van der Waals surface area (Å²) >= 11 is 1.94. The van der Waals surface area contributed by atoms with Gasteiger partial charge in [0, 0.05) is 35.8 Å². The van der Waals surface area contributed by atoms with Gasteiger partial charge in [-0.15, -0.1) is 0 Å². The lowest BCUT2D eigenvalue weighted by Crippen LogP contribution is -2.41.